The molecule has 0 spiro atoms. The van der Waals surface area contributed by atoms with Crippen LogP contribution in [-0.4, -0.2) is 30.4 Å². The molecule has 4 rings (SSSR count). The molecule has 1 amide bonds. The van der Waals surface area contributed by atoms with Crippen LogP contribution in [0.1, 0.15) is 48.1 Å². The second-order valence-electron chi connectivity index (χ2n) is 7.66. The molecule has 1 saturated heterocycles. The zero-order valence-corrected chi connectivity index (χ0v) is 16.7. The Morgan fingerprint density at radius 1 is 0.897 bits per heavy atom. The first-order valence-corrected chi connectivity index (χ1v) is 10.5. The van der Waals surface area contributed by atoms with Gasteiger partial charge < -0.3 is 9.73 Å². The Morgan fingerprint density at radius 2 is 1.52 bits per heavy atom. The second-order valence-corrected chi connectivity index (χ2v) is 7.66. The number of benzene rings is 2. The summed E-state index contributed by atoms with van der Waals surface area (Å²) in [7, 11) is 0. The average molecular weight is 389 g/mol. The van der Waals surface area contributed by atoms with Gasteiger partial charge in [0.1, 0.15) is 5.76 Å². The van der Waals surface area contributed by atoms with Crippen molar-refractivity contribution in [2.24, 2.45) is 0 Å². The van der Waals surface area contributed by atoms with Gasteiger partial charge in [-0.15, -0.1) is 0 Å². The fourth-order valence-electron chi connectivity index (χ4n) is 4.21. The van der Waals surface area contributed by atoms with Gasteiger partial charge in [0.15, 0.2) is 0 Å². The molecule has 4 heteroatoms. The summed E-state index contributed by atoms with van der Waals surface area (Å²) >= 11 is 0. The van der Waals surface area contributed by atoms with Crippen molar-refractivity contribution in [3.8, 4) is 0 Å². The summed E-state index contributed by atoms with van der Waals surface area (Å²) in [6.45, 7) is 2.68. The average Bonchev–Trinajstić information content (AvgIpc) is 3.48. The number of hydrogen-bond donors (Lipinski definition) is 1. The molecule has 4 nitrogen and oxygen atoms in total. The molecule has 150 valence electrons. The highest BCUT2D eigenvalue weighted by Gasteiger charge is 2.26. The van der Waals surface area contributed by atoms with Gasteiger partial charge in [0.05, 0.1) is 12.3 Å². The molecule has 2 aromatic carbocycles. The molecule has 2 heterocycles. The van der Waals surface area contributed by atoms with Gasteiger partial charge in [0, 0.05) is 18.9 Å². The number of nitrogens with one attached hydrogen (secondary N) is 1. The minimum atomic E-state index is 0.0475. The third kappa shape index (κ3) is 4.96. The predicted molar refractivity (Wildman–Crippen MR) is 115 cm³/mol. The topological polar surface area (TPSA) is 45.5 Å². The Kier molecular flexibility index (Phi) is 6.42. The van der Waals surface area contributed by atoms with Crippen molar-refractivity contribution in [2.45, 2.75) is 31.2 Å². The maximum atomic E-state index is 12.9. The highest BCUT2D eigenvalue weighted by molar-refractivity contribution is 5.77. The number of carbonyl (C=O) groups is 1. The van der Waals surface area contributed by atoms with E-state index in [1.807, 2.05) is 48.5 Å². The van der Waals surface area contributed by atoms with Crippen molar-refractivity contribution in [2.75, 3.05) is 19.6 Å². The van der Waals surface area contributed by atoms with Crippen LogP contribution in [0.4, 0.5) is 0 Å². The van der Waals surface area contributed by atoms with E-state index in [9.17, 15) is 4.79 Å². The van der Waals surface area contributed by atoms with E-state index in [0.717, 1.165) is 30.0 Å². The van der Waals surface area contributed by atoms with Gasteiger partial charge in [0.25, 0.3) is 0 Å². The van der Waals surface area contributed by atoms with Crippen molar-refractivity contribution in [1.29, 1.82) is 0 Å². The lowest BCUT2D eigenvalue weighted by molar-refractivity contribution is -0.121. The summed E-state index contributed by atoms with van der Waals surface area (Å²) in [6.07, 6.45) is 4.55. The molecule has 1 fully saturated rings. The molecule has 0 saturated carbocycles. The Balaban J connectivity index is 1.45. The van der Waals surface area contributed by atoms with E-state index in [2.05, 4.69) is 34.5 Å². The standard InChI is InChI=1S/C25H28N2O2/c28-25(26-19-23(24-14-9-17-29-24)27-15-7-8-16-27)18-22(20-10-3-1-4-11-20)21-12-5-2-6-13-21/h1-6,9-14,17,22-23H,7-8,15-16,18-19H2,(H,26,28)/t23-/m1/s1. The molecule has 1 aliphatic heterocycles. The van der Waals surface area contributed by atoms with Crippen LogP contribution < -0.4 is 5.32 Å². The molecule has 1 atom stereocenters. The molecule has 0 radical (unpaired) electrons. The largest absolute Gasteiger partial charge is 0.468 e. The van der Waals surface area contributed by atoms with Crippen molar-refractivity contribution < 1.29 is 9.21 Å². The molecule has 0 aliphatic carbocycles. The highest BCUT2D eigenvalue weighted by Crippen LogP contribution is 2.28. The molecule has 1 aromatic heterocycles. The third-order valence-corrected chi connectivity index (χ3v) is 5.74. The van der Waals surface area contributed by atoms with Gasteiger partial charge in [-0.25, -0.2) is 0 Å². The normalized spacial score (nSPS) is 15.5. The summed E-state index contributed by atoms with van der Waals surface area (Å²) in [6, 6.07) is 24.6. The number of likely N-dealkylation sites (tertiary alicyclic amines) is 1. The summed E-state index contributed by atoms with van der Waals surface area (Å²) in [5.41, 5.74) is 2.33. The summed E-state index contributed by atoms with van der Waals surface area (Å²) < 4.78 is 5.67. The Hall–Kier alpha value is -2.85. The van der Waals surface area contributed by atoms with Crippen LogP contribution in [0.15, 0.2) is 83.5 Å². The first-order valence-electron chi connectivity index (χ1n) is 10.5. The minimum absolute atomic E-state index is 0.0475. The second kappa shape index (κ2) is 9.57. The van der Waals surface area contributed by atoms with Crippen LogP contribution in [0.25, 0.3) is 0 Å². The number of furan rings is 1. The van der Waals surface area contributed by atoms with E-state index < -0.39 is 0 Å². The molecule has 0 unspecified atom stereocenters. The summed E-state index contributed by atoms with van der Waals surface area (Å²) in [5.74, 6) is 1.04. The highest BCUT2D eigenvalue weighted by atomic mass is 16.3. The first-order chi connectivity index (χ1) is 14.3. The fraction of sp³-hybridized carbons (Fsp3) is 0.320. The van der Waals surface area contributed by atoms with Gasteiger partial charge in [-0.1, -0.05) is 60.7 Å². The van der Waals surface area contributed by atoms with Crippen molar-refractivity contribution in [1.82, 2.24) is 10.2 Å². The van der Waals surface area contributed by atoms with Crippen LogP contribution in [0.5, 0.6) is 0 Å². The van der Waals surface area contributed by atoms with E-state index in [1.165, 1.54) is 12.8 Å². The number of nitrogens with zero attached hydrogens (tertiary/aromatic N) is 1. The molecule has 0 bridgehead atoms. The maximum Gasteiger partial charge on any atom is 0.221 e. The van der Waals surface area contributed by atoms with E-state index in [-0.39, 0.29) is 17.9 Å². The SMILES string of the molecule is O=C(CC(c1ccccc1)c1ccccc1)NC[C@H](c1ccco1)N1CCCC1. The van der Waals surface area contributed by atoms with E-state index in [0.29, 0.717) is 13.0 Å². The summed E-state index contributed by atoms with van der Waals surface area (Å²) in [4.78, 5) is 15.3. The Labute approximate surface area is 172 Å². The van der Waals surface area contributed by atoms with Crippen molar-refractivity contribution in [3.63, 3.8) is 0 Å². The lowest BCUT2D eigenvalue weighted by atomic mass is 9.88. The lowest BCUT2D eigenvalue weighted by Gasteiger charge is -2.26. The zero-order valence-electron chi connectivity index (χ0n) is 16.7. The van der Waals surface area contributed by atoms with Crippen LogP contribution in [0.3, 0.4) is 0 Å². The van der Waals surface area contributed by atoms with Gasteiger partial charge in [-0.05, 0) is 49.2 Å². The summed E-state index contributed by atoms with van der Waals surface area (Å²) in [5, 5.41) is 3.18. The molecular weight excluding hydrogens is 360 g/mol. The number of hydrogen-bond acceptors (Lipinski definition) is 3. The van der Waals surface area contributed by atoms with Crippen molar-refractivity contribution in [3.05, 3.63) is 95.9 Å². The molecule has 1 N–H and O–H groups in total. The van der Waals surface area contributed by atoms with E-state index >= 15 is 0 Å². The van der Waals surface area contributed by atoms with Gasteiger partial charge in [-0.3, -0.25) is 9.69 Å². The molecule has 29 heavy (non-hydrogen) atoms. The van der Waals surface area contributed by atoms with Crippen LogP contribution >= 0.6 is 0 Å². The smallest absolute Gasteiger partial charge is 0.221 e. The minimum Gasteiger partial charge on any atom is -0.468 e. The Morgan fingerprint density at radius 3 is 2.07 bits per heavy atom. The van der Waals surface area contributed by atoms with Gasteiger partial charge >= 0.3 is 0 Å². The zero-order chi connectivity index (χ0) is 19.9. The molecule has 3 aromatic rings. The number of amides is 1. The fourth-order valence-corrected chi connectivity index (χ4v) is 4.21. The number of carbonyl (C=O) groups excluding carboxylic acids is 1. The van der Waals surface area contributed by atoms with Crippen LogP contribution in [-0.2, 0) is 4.79 Å². The third-order valence-electron chi connectivity index (χ3n) is 5.74. The monoisotopic (exact) mass is 388 g/mol. The number of rotatable bonds is 8. The van der Waals surface area contributed by atoms with Gasteiger partial charge in [-0.2, -0.15) is 0 Å². The predicted octanol–water partition coefficient (Wildman–Crippen LogP) is 4.75. The lowest BCUT2D eigenvalue weighted by Crippen LogP contribution is -2.37. The van der Waals surface area contributed by atoms with E-state index in [1.54, 1.807) is 6.26 Å². The quantitative estimate of drug-likeness (QED) is 0.605. The van der Waals surface area contributed by atoms with Crippen molar-refractivity contribution >= 4 is 5.91 Å². The Bertz CT molecular complexity index is 832. The van der Waals surface area contributed by atoms with E-state index in [4.69, 9.17) is 4.42 Å². The molecular formula is C25H28N2O2. The van der Waals surface area contributed by atoms with Crippen LogP contribution in [0, 0.1) is 0 Å². The maximum absolute atomic E-state index is 12.9. The first kappa shape index (κ1) is 19.5. The van der Waals surface area contributed by atoms with Crippen LogP contribution in [0.2, 0.25) is 0 Å². The van der Waals surface area contributed by atoms with Gasteiger partial charge in [0.2, 0.25) is 5.91 Å². The molecule has 1 aliphatic rings.